The summed E-state index contributed by atoms with van der Waals surface area (Å²) in [5, 5.41) is 5.88. The van der Waals surface area contributed by atoms with Crippen molar-refractivity contribution in [3.63, 3.8) is 0 Å². The molecule has 0 bridgehead atoms. The molecule has 0 atom stereocenters. The van der Waals surface area contributed by atoms with E-state index in [1.165, 1.54) is 45.7 Å². The van der Waals surface area contributed by atoms with Gasteiger partial charge in [-0.25, -0.2) is 9.18 Å². The third-order valence-corrected chi connectivity index (χ3v) is 9.16. The van der Waals surface area contributed by atoms with Crippen LogP contribution in [0.3, 0.4) is 0 Å². The highest BCUT2D eigenvalue weighted by atomic mass is 32.1. The first-order chi connectivity index (χ1) is 22.7. The van der Waals surface area contributed by atoms with E-state index in [1.807, 2.05) is 11.4 Å². The molecular weight excluding hydrogens is 623 g/mol. The maximum Gasteiger partial charge on any atom is 0.333 e. The number of nitrogens with zero attached hydrogens (tertiary/aromatic N) is 5. The molecule has 246 valence electrons. The lowest BCUT2D eigenvalue weighted by Crippen LogP contribution is -2.44. The molecule has 1 fully saturated rings. The van der Waals surface area contributed by atoms with Gasteiger partial charge in [-0.1, -0.05) is 0 Å². The highest BCUT2D eigenvalue weighted by Crippen LogP contribution is 2.38. The van der Waals surface area contributed by atoms with Crippen molar-refractivity contribution < 1.29 is 23.4 Å². The molecule has 1 aliphatic heterocycles. The van der Waals surface area contributed by atoms with Crippen LogP contribution in [0.5, 0.6) is 23.0 Å². The van der Waals surface area contributed by atoms with E-state index < -0.39 is 11.7 Å². The number of hydrogen-bond acceptors (Lipinski definition) is 9. The Bertz CT molecular complexity index is 1950. The monoisotopic (exact) mass is 660 g/mol. The average Bonchev–Trinajstić information content (AvgIpc) is 3.66. The van der Waals surface area contributed by atoms with Gasteiger partial charge in [-0.3, -0.25) is 18.9 Å². The number of pyridine rings is 1. The number of methoxy groups -OCH3 is 1. The SMILES string of the molecule is COc1cc2c(Oc3ccc(NC(=O)c4c(C)n(-c5cccs5)c(=O)n4C)cc3F)ccnc2cc1OCCCN1CCN(C)CC1. The highest BCUT2D eigenvalue weighted by Gasteiger charge is 2.23. The molecule has 13 heteroatoms. The molecule has 2 aromatic carbocycles. The number of carbonyl (C=O) groups excluding carboxylic acids is 1. The number of benzene rings is 2. The number of imidazole rings is 1. The first-order valence-corrected chi connectivity index (χ1v) is 16.2. The second-order valence-corrected chi connectivity index (χ2v) is 12.4. The standard InChI is InChI=1S/C34H37FN6O5S/c1-22-32(39(3)34(43)41(22)31-7-5-18-47-31)33(42)37-23-8-9-28(25(35)19-23)46-27-10-11-36-26-21-30(29(44-4)20-24(26)27)45-17-6-12-40-15-13-38(2)14-16-40/h5,7-11,18-21H,6,12-17H2,1-4H3,(H,37,42). The van der Waals surface area contributed by atoms with Crippen molar-refractivity contribution in [2.75, 3.05) is 58.8 Å². The van der Waals surface area contributed by atoms with Crippen LogP contribution in [-0.4, -0.2) is 83.3 Å². The summed E-state index contributed by atoms with van der Waals surface area (Å²) < 4.78 is 35.8. The van der Waals surface area contributed by atoms with E-state index in [1.54, 1.807) is 44.5 Å². The van der Waals surface area contributed by atoms with Crippen LogP contribution in [0.1, 0.15) is 22.6 Å². The van der Waals surface area contributed by atoms with Crippen molar-refractivity contribution in [1.82, 2.24) is 23.9 Å². The van der Waals surface area contributed by atoms with Crippen LogP contribution in [0.2, 0.25) is 0 Å². The van der Waals surface area contributed by atoms with E-state index in [2.05, 4.69) is 27.1 Å². The molecule has 0 spiro atoms. The Hall–Kier alpha value is -4.72. The smallest absolute Gasteiger partial charge is 0.333 e. The number of likely N-dealkylation sites (N-methyl/N-ethyl adjacent to an activating group) is 1. The highest BCUT2D eigenvalue weighted by molar-refractivity contribution is 7.12. The predicted molar refractivity (Wildman–Crippen MR) is 180 cm³/mol. The number of thiophene rings is 1. The zero-order chi connectivity index (χ0) is 33.1. The quantitative estimate of drug-likeness (QED) is 0.191. The van der Waals surface area contributed by atoms with Gasteiger partial charge in [-0.15, -0.1) is 11.3 Å². The molecule has 5 aromatic rings. The van der Waals surface area contributed by atoms with Gasteiger partial charge in [-0.2, -0.15) is 0 Å². The Morgan fingerprint density at radius 2 is 1.83 bits per heavy atom. The predicted octanol–water partition coefficient (Wildman–Crippen LogP) is 5.30. The molecule has 11 nitrogen and oxygen atoms in total. The largest absolute Gasteiger partial charge is 0.493 e. The zero-order valence-electron chi connectivity index (χ0n) is 26.8. The molecule has 0 unspecified atom stereocenters. The molecule has 0 radical (unpaired) electrons. The molecule has 3 aromatic heterocycles. The Kier molecular flexibility index (Phi) is 9.57. The minimum atomic E-state index is -0.679. The van der Waals surface area contributed by atoms with Crippen LogP contribution in [0.15, 0.2) is 64.9 Å². The zero-order valence-corrected chi connectivity index (χ0v) is 27.6. The van der Waals surface area contributed by atoms with Gasteiger partial charge in [0.05, 0.1) is 24.9 Å². The number of rotatable bonds is 11. The van der Waals surface area contributed by atoms with Crippen molar-refractivity contribution in [2.45, 2.75) is 13.3 Å². The van der Waals surface area contributed by atoms with Crippen LogP contribution in [0.25, 0.3) is 15.9 Å². The third kappa shape index (κ3) is 6.87. The van der Waals surface area contributed by atoms with E-state index in [9.17, 15) is 9.59 Å². The molecule has 6 rings (SSSR count). The first kappa shape index (κ1) is 32.2. The van der Waals surface area contributed by atoms with E-state index in [-0.39, 0.29) is 22.8 Å². The Labute approximate surface area is 275 Å². The maximum absolute atomic E-state index is 15.3. The topological polar surface area (TPSA) is 103 Å². The van der Waals surface area contributed by atoms with Crippen LogP contribution >= 0.6 is 11.3 Å². The van der Waals surface area contributed by atoms with E-state index in [0.717, 1.165) is 39.1 Å². The summed E-state index contributed by atoms with van der Waals surface area (Å²) in [7, 11) is 5.24. The second-order valence-electron chi connectivity index (χ2n) is 11.4. The van der Waals surface area contributed by atoms with E-state index in [0.29, 0.717) is 45.5 Å². The normalized spacial score (nSPS) is 14.0. The number of ether oxygens (including phenoxy) is 3. The maximum atomic E-state index is 15.3. The lowest BCUT2D eigenvalue weighted by molar-refractivity contribution is 0.101. The van der Waals surface area contributed by atoms with Gasteiger partial charge in [0.1, 0.15) is 16.4 Å². The molecule has 1 aliphatic rings. The summed E-state index contributed by atoms with van der Waals surface area (Å²) in [5.74, 6) is 0.230. The van der Waals surface area contributed by atoms with Gasteiger partial charge in [0.15, 0.2) is 23.1 Å². The van der Waals surface area contributed by atoms with Gasteiger partial charge in [0, 0.05) is 69.2 Å². The minimum Gasteiger partial charge on any atom is -0.493 e. The van der Waals surface area contributed by atoms with Crippen molar-refractivity contribution in [2.24, 2.45) is 7.05 Å². The van der Waals surface area contributed by atoms with E-state index >= 15 is 4.39 Å². The fraction of sp³-hybridized carbons (Fsp3) is 0.324. The number of anilines is 1. The Morgan fingerprint density at radius 1 is 1.02 bits per heavy atom. The van der Waals surface area contributed by atoms with Crippen LogP contribution in [0.4, 0.5) is 10.1 Å². The van der Waals surface area contributed by atoms with Crippen LogP contribution in [-0.2, 0) is 7.05 Å². The van der Waals surface area contributed by atoms with Crippen LogP contribution < -0.4 is 25.2 Å². The molecule has 1 saturated heterocycles. The summed E-state index contributed by atoms with van der Waals surface area (Å²) in [5.41, 5.74) is 1.14. The fourth-order valence-corrected chi connectivity index (χ4v) is 6.49. The van der Waals surface area contributed by atoms with Gasteiger partial charge in [-0.05, 0) is 62.2 Å². The molecule has 0 aliphatic carbocycles. The average molecular weight is 661 g/mol. The molecule has 4 heterocycles. The molecule has 1 N–H and O–H groups in total. The van der Waals surface area contributed by atoms with Crippen molar-refractivity contribution >= 4 is 33.8 Å². The Balaban J connectivity index is 1.14. The number of carbonyl (C=O) groups is 1. The third-order valence-electron chi connectivity index (χ3n) is 8.30. The number of halogens is 1. The summed E-state index contributed by atoms with van der Waals surface area (Å²) >= 11 is 1.39. The number of amides is 1. The summed E-state index contributed by atoms with van der Waals surface area (Å²) in [4.78, 5) is 35.3. The molecule has 1 amide bonds. The summed E-state index contributed by atoms with van der Waals surface area (Å²) in [6.45, 7) is 7.49. The lowest BCUT2D eigenvalue weighted by Gasteiger charge is -2.32. The Morgan fingerprint density at radius 3 is 2.55 bits per heavy atom. The molecular formula is C34H37FN6O5S. The van der Waals surface area contributed by atoms with Crippen molar-refractivity contribution in [3.8, 4) is 28.0 Å². The fourth-order valence-electron chi connectivity index (χ4n) is 5.71. The number of fused-ring (bicyclic) bond motifs is 1. The number of aromatic nitrogens is 3. The van der Waals surface area contributed by atoms with Crippen LogP contribution in [0, 0.1) is 12.7 Å². The van der Waals surface area contributed by atoms with Crippen molar-refractivity contribution in [1.29, 1.82) is 0 Å². The summed E-state index contributed by atoms with van der Waals surface area (Å²) in [6.07, 6.45) is 2.47. The van der Waals surface area contributed by atoms with Crippen molar-refractivity contribution in [3.05, 3.63) is 87.8 Å². The minimum absolute atomic E-state index is 0.0360. The van der Waals surface area contributed by atoms with Gasteiger partial charge in [0.2, 0.25) is 0 Å². The van der Waals surface area contributed by atoms with E-state index in [4.69, 9.17) is 14.2 Å². The van der Waals surface area contributed by atoms with Gasteiger partial charge in [0.25, 0.3) is 5.91 Å². The second kappa shape index (κ2) is 14.0. The number of piperazine rings is 1. The summed E-state index contributed by atoms with van der Waals surface area (Å²) in [6, 6.07) is 13.0. The van der Waals surface area contributed by atoms with Gasteiger partial charge >= 0.3 is 5.69 Å². The van der Waals surface area contributed by atoms with Gasteiger partial charge < -0.3 is 29.3 Å². The molecule has 47 heavy (non-hydrogen) atoms. The number of hydrogen-bond donors (Lipinski definition) is 1. The number of nitrogens with one attached hydrogen (secondary N) is 1. The lowest BCUT2D eigenvalue weighted by atomic mass is 10.1. The molecule has 0 saturated carbocycles. The first-order valence-electron chi connectivity index (χ1n) is 15.3.